The van der Waals surface area contributed by atoms with Gasteiger partial charge in [0.25, 0.3) is 0 Å². The third-order valence-electron chi connectivity index (χ3n) is 5.53. The predicted molar refractivity (Wildman–Crippen MR) is 103 cm³/mol. The lowest BCUT2D eigenvalue weighted by molar-refractivity contribution is -0.122. The maximum atomic E-state index is 12.5. The zero-order valence-corrected chi connectivity index (χ0v) is 16.0. The Morgan fingerprint density at radius 1 is 1.20 bits per heavy atom. The lowest BCUT2D eigenvalue weighted by atomic mass is 9.94. The topological polar surface area (TPSA) is 32.3 Å². The fourth-order valence-corrected chi connectivity index (χ4v) is 4.29. The van der Waals surface area contributed by atoms with Crippen LogP contribution in [0.1, 0.15) is 29.0 Å². The van der Waals surface area contributed by atoms with Crippen molar-refractivity contribution in [1.82, 2.24) is 10.2 Å². The third kappa shape index (κ3) is 3.65. The summed E-state index contributed by atoms with van der Waals surface area (Å²) < 4.78 is 1.13. The van der Waals surface area contributed by atoms with Gasteiger partial charge in [-0.2, -0.15) is 0 Å². The number of likely N-dealkylation sites (N-methyl/N-ethyl adjacent to an activating group) is 1. The van der Waals surface area contributed by atoms with Crippen molar-refractivity contribution < 1.29 is 4.79 Å². The Labute approximate surface area is 157 Å². The van der Waals surface area contributed by atoms with Crippen molar-refractivity contribution in [2.75, 3.05) is 13.6 Å². The number of carbonyl (C=O) groups is 1. The summed E-state index contributed by atoms with van der Waals surface area (Å²) >= 11 is 3.56. The molecule has 1 saturated carbocycles. The number of carbonyl (C=O) groups excluding carboxylic acids is 1. The van der Waals surface area contributed by atoms with Crippen molar-refractivity contribution in [2.45, 2.75) is 31.3 Å². The maximum Gasteiger partial charge on any atom is 0.223 e. The van der Waals surface area contributed by atoms with Gasteiger partial charge in [-0.05, 0) is 54.6 Å². The highest BCUT2D eigenvalue weighted by atomic mass is 79.9. The van der Waals surface area contributed by atoms with Crippen LogP contribution in [0.4, 0.5) is 0 Å². The SMILES string of the molecule is CN1Cc2ccc(Br)cc2C[C@@H]1CNC(=O)[C@@H]1C[C@H]1c1ccccc1. The second-order valence-corrected chi connectivity index (χ2v) is 8.21. The van der Waals surface area contributed by atoms with E-state index in [-0.39, 0.29) is 11.8 Å². The molecule has 0 saturated heterocycles. The first kappa shape index (κ1) is 16.8. The monoisotopic (exact) mass is 398 g/mol. The first-order valence-corrected chi connectivity index (χ1v) is 9.71. The van der Waals surface area contributed by atoms with Crippen LogP contribution >= 0.6 is 15.9 Å². The number of nitrogens with zero attached hydrogens (tertiary/aromatic N) is 1. The molecule has 1 fully saturated rings. The molecule has 0 bridgehead atoms. The fourth-order valence-electron chi connectivity index (χ4n) is 3.88. The Balaban J connectivity index is 1.33. The summed E-state index contributed by atoms with van der Waals surface area (Å²) in [5, 5.41) is 3.20. The largest absolute Gasteiger partial charge is 0.354 e. The molecule has 4 heteroatoms. The van der Waals surface area contributed by atoms with Crippen LogP contribution in [0, 0.1) is 5.92 Å². The molecule has 1 amide bonds. The summed E-state index contributed by atoms with van der Waals surface area (Å²) in [6.45, 7) is 1.67. The maximum absolute atomic E-state index is 12.5. The molecular formula is C21H23BrN2O. The Kier molecular flexibility index (Phi) is 4.65. The van der Waals surface area contributed by atoms with E-state index in [1.165, 1.54) is 16.7 Å². The van der Waals surface area contributed by atoms with Crippen LogP contribution in [0.25, 0.3) is 0 Å². The molecule has 0 radical (unpaired) electrons. The minimum atomic E-state index is 0.151. The number of nitrogens with one attached hydrogen (secondary N) is 1. The average molecular weight is 399 g/mol. The number of hydrogen-bond acceptors (Lipinski definition) is 2. The van der Waals surface area contributed by atoms with E-state index in [4.69, 9.17) is 0 Å². The molecule has 1 heterocycles. The highest BCUT2D eigenvalue weighted by Gasteiger charge is 2.43. The van der Waals surface area contributed by atoms with E-state index in [0.29, 0.717) is 12.0 Å². The van der Waals surface area contributed by atoms with E-state index < -0.39 is 0 Å². The lowest BCUT2D eigenvalue weighted by Gasteiger charge is -2.34. The van der Waals surface area contributed by atoms with Gasteiger partial charge in [0.2, 0.25) is 5.91 Å². The standard InChI is InChI=1S/C21H23BrN2O/c1-24-13-15-7-8-17(22)9-16(15)10-18(24)12-23-21(25)20-11-19(20)14-5-3-2-4-6-14/h2-9,18-20H,10-13H2,1H3,(H,23,25)/t18-,19+,20-/m1/s1. The van der Waals surface area contributed by atoms with E-state index in [2.05, 4.69) is 75.7 Å². The zero-order valence-electron chi connectivity index (χ0n) is 14.4. The average Bonchev–Trinajstić information content (AvgIpc) is 3.42. The van der Waals surface area contributed by atoms with Gasteiger partial charge in [-0.25, -0.2) is 0 Å². The molecule has 3 atom stereocenters. The summed E-state index contributed by atoms with van der Waals surface area (Å²) in [6.07, 6.45) is 1.96. The lowest BCUT2D eigenvalue weighted by Crippen LogP contribution is -2.45. The Hall–Kier alpha value is -1.65. The highest BCUT2D eigenvalue weighted by Crippen LogP contribution is 2.47. The Bertz CT molecular complexity index is 777. The van der Waals surface area contributed by atoms with Crippen LogP contribution in [0.2, 0.25) is 0 Å². The van der Waals surface area contributed by atoms with Crippen LogP contribution in [0.15, 0.2) is 53.0 Å². The van der Waals surface area contributed by atoms with Gasteiger partial charge in [0.1, 0.15) is 0 Å². The fraction of sp³-hybridized carbons (Fsp3) is 0.381. The summed E-state index contributed by atoms with van der Waals surface area (Å²) in [4.78, 5) is 14.8. The van der Waals surface area contributed by atoms with Crippen LogP contribution in [0.3, 0.4) is 0 Å². The molecule has 25 heavy (non-hydrogen) atoms. The molecule has 130 valence electrons. The first-order chi connectivity index (χ1) is 12.1. The quantitative estimate of drug-likeness (QED) is 0.850. The van der Waals surface area contributed by atoms with E-state index in [9.17, 15) is 4.79 Å². The van der Waals surface area contributed by atoms with Crippen LogP contribution in [-0.2, 0) is 17.8 Å². The number of halogens is 1. The van der Waals surface area contributed by atoms with Crippen LogP contribution in [0.5, 0.6) is 0 Å². The van der Waals surface area contributed by atoms with Crippen molar-refractivity contribution >= 4 is 21.8 Å². The molecule has 0 aromatic heterocycles. The van der Waals surface area contributed by atoms with Crippen molar-refractivity contribution in [3.05, 3.63) is 69.7 Å². The number of amides is 1. The van der Waals surface area contributed by atoms with Gasteiger partial charge in [0, 0.05) is 29.5 Å². The molecule has 1 aliphatic carbocycles. The molecule has 4 rings (SSSR count). The normalized spacial score (nSPS) is 25.3. The molecule has 2 aliphatic rings. The van der Waals surface area contributed by atoms with Crippen LogP contribution in [-0.4, -0.2) is 30.4 Å². The van der Waals surface area contributed by atoms with Gasteiger partial charge in [-0.15, -0.1) is 0 Å². The minimum absolute atomic E-state index is 0.151. The van der Waals surface area contributed by atoms with Gasteiger partial charge >= 0.3 is 0 Å². The smallest absolute Gasteiger partial charge is 0.223 e. The first-order valence-electron chi connectivity index (χ1n) is 8.92. The second-order valence-electron chi connectivity index (χ2n) is 7.29. The molecule has 0 unspecified atom stereocenters. The predicted octanol–water partition coefficient (Wildman–Crippen LogP) is 3.73. The summed E-state index contributed by atoms with van der Waals surface area (Å²) in [5.74, 6) is 0.766. The van der Waals surface area contributed by atoms with Gasteiger partial charge < -0.3 is 5.32 Å². The number of fused-ring (bicyclic) bond motifs is 1. The molecular weight excluding hydrogens is 376 g/mol. The van der Waals surface area contributed by atoms with Crippen molar-refractivity contribution in [2.24, 2.45) is 5.92 Å². The summed E-state index contributed by atoms with van der Waals surface area (Å²) in [7, 11) is 2.14. The van der Waals surface area contributed by atoms with Crippen LogP contribution < -0.4 is 5.32 Å². The van der Waals surface area contributed by atoms with E-state index in [1.54, 1.807) is 0 Å². The minimum Gasteiger partial charge on any atom is -0.354 e. The molecule has 1 N–H and O–H groups in total. The second kappa shape index (κ2) is 6.93. The molecule has 2 aromatic carbocycles. The van der Waals surface area contributed by atoms with Crippen molar-refractivity contribution in [3.8, 4) is 0 Å². The molecule has 3 nitrogen and oxygen atoms in total. The highest BCUT2D eigenvalue weighted by molar-refractivity contribution is 9.10. The Morgan fingerprint density at radius 2 is 2.00 bits per heavy atom. The summed E-state index contributed by atoms with van der Waals surface area (Å²) in [6, 6.07) is 17.2. The van der Waals surface area contributed by atoms with Crippen molar-refractivity contribution in [1.29, 1.82) is 0 Å². The van der Waals surface area contributed by atoms with Crippen molar-refractivity contribution in [3.63, 3.8) is 0 Å². The molecule has 0 spiro atoms. The van der Waals surface area contributed by atoms with Gasteiger partial charge in [-0.1, -0.05) is 52.3 Å². The van der Waals surface area contributed by atoms with Gasteiger partial charge in [0.15, 0.2) is 0 Å². The summed E-state index contributed by atoms with van der Waals surface area (Å²) in [5.41, 5.74) is 4.07. The zero-order chi connectivity index (χ0) is 17.4. The Morgan fingerprint density at radius 3 is 2.80 bits per heavy atom. The molecule has 2 aromatic rings. The van der Waals surface area contributed by atoms with Gasteiger partial charge in [0.05, 0.1) is 0 Å². The van der Waals surface area contributed by atoms with E-state index in [1.807, 2.05) is 6.07 Å². The molecule has 1 aliphatic heterocycles. The van der Waals surface area contributed by atoms with E-state index >= 15 is 0 Å². The number of hydrogen-bond donors (Lipinski definition) is 1. The van der Waals surface area contributed by atoms with Gasteiger partial charge in [-0.3, -0.25) is 9.69 Å². The third-order valence-corrected chi connectivity index (χ3v) is 6.03. The number of benzene rings is 2. The number of rotatable bonds is 4. The van der Waals surface area contributed by atoms with E-state index in [0.717, 1.165) is 30.4 Å².